The Morgan fingerprint density at radius 1 is 1.23 bits per heavy atom. The maximum Gasteiger partial charge on any atom is 0.335 e. The van der Waals surface area contributed by atoms with Crippen LogP contribution in [-0.4, -0.2) is 70.0 Å². The van der Waals surface area contributed by atoms with E-state index in [9.17, 15) is 29.4 Å². The Bertz CT molecular complexity index is 1310. The Labute approximate surface area is 224 Å². The van der Waals surface area contributed by atoms with Crippen LogP contribution in [0.5, 0.6) is 0 Å². The zero-order valence-electron chi connectivity index (χ0n) is 22.2. The fourth-order valence-electron chi connectivity index (χ4n) is 10.4. The number of carbonyl (C=O) groups excluding carboxylic acids is 4. The first-order valence-corrected chi connectivity index (χ1v) is 13.5. The molecule has 1 spiro atoms. The second-order valence-electron chi connectivity index (χ2n) is 12.8. The average molecular weight is 545 g/mol. The van der Waals surface area contributed by atoms with Crippen LogP contribution in [0.4, 0.5) is 0 Å². The minimum absolute atomic E-state index is 0.0178. The number of cyclic esters (lactones) is 1. The van der Waals surface area contributed by atoms with Crippen LogP contribution in [0.1, 0.15) is 58.3 Å². The number of fused-ring (bicyclic) bond motifs is 2. The molecule has 11 heteroatoms. The summed E-state index contributed by atoms with van der Waals surface area (Å²) in [5, 5.41) is 24.4. The van der Waals surface area contributed by atoms with Gasteiger partial charge in [0.1, 0.15) is 28.7 Å². The van der Waals surface area contributed by atoms with E-state index in [1.807, 2.05) is 6.92 Å². The van der Waals surface area contributed by atoms with E-state index in [4.69, 9.17) is 23.4 Å². The maximum atomic E-state index is 14.3. The van der Waals surface area contributed by atoms with Gasteiger partial charge in [0.25, 0.3) is 0 Å². The van der Waals surface area contributed by atoms with Gasteiger partial charge in [-0.2, -0.15) is 0 Å². The summed E-state index contributed by atoms with van der Waals surface area (Å²) in [4.78, 5) is 52.9. The standard InChI is InChI=1S/C28H32O11/c1-12(29)38-26-11-24(2)17(18(31)23(33)35-4)16(26)13-7-8-25(3)22(14-6-5-9-36-14)37-15(30)10-27(25)28(13,34)20(26)19(39-27)21(24)32/h5-6,9,13,16-20,22,31,34H,7-8,10-11H2,1-4H3. The van der Waals surface area contributed by atoms with Crippen molar-refractivity contribution in [1.29, 1.82) is 0 Å². The van der Waals surface area contributed by atoms with Crippen molar-refractivity contribution >= 4 is 23.7 Å². The summed E-state index contributed by atoms with van der Waals surface area (Å²) in [6.07, 6.45) is -1.82. The zero-order chi connectivity index (χ0) is 27.9. The fourth-order valence-corrected chi connectivity index (χ4v) is 10.4. The molecular weight excluding hydrogens is 512 g/mol. The molecule has 0 radical (unpaired) electrons. The molecule has 1 aromatic heterocycles. The van der Waals surface area contributed by atoms with E-state index < -0.39 is 93.3 Å². The molecule has 4 aliphatic carbocycles. The number of ketones is 1. The lowest BCUT2D eigenvalue weighted by molar-refractivity contribution is -0.292. The SMILES string of the molecule is COC(=O)C(O)C1C2C3CCC4(C)C(c5ccco5)OC(=O)CC45OC4C(=O)C1(C)CC2(OC(C)=O)C4C35O. The summed E-state index contributed by atoms with van der Waals surface area (Å²) in [6.45, 7) is 4.80. The van der Waals surface area contributed by atoms with E-state index in [0.29, 0.717) is 18.6 Å². The molecule has 4 saturated carbocycles. The van der Waals surface area contributed by atoms with Crippen molar-refractivity contribution < 1.29 is 52.8 Å². The molecule has 12 atom stereocenters. The third-order valence-electron chi connectivity index (χ3n) is 11.5. The number of aliphatic hydroxyl groups excluding tert-OH is 1. The summed E-state index contributed by atoms with van der Waals surface area (Å²) in [5.41, 5.74) is -7.09. The number of Topliss-reactive ketones (excluding diaryl/α,β-unsaturated/α-hetero) is 1. The first-order chi connectivity index (χ1) is 18.3. The highest BCUT2D eigenvalue weighted by Crippen LogP contribution is 2.82. The third-order valence-corrected chi connectivity index (χ3v) is 11.5. The maximum absolute atomic E-state index is 14.3. The molecule has 1 aromatic rings. The number of esters is 3. The Morgan fingerprint density at radius 2 is 1.97 bits per heavy atom. The van der Waals surface area contributed by atoms with Gasteiger partial charge in [-0.1, -0.05) is 13.8 Å². The molecule has 11 nitrogen and oxygen atoms in total. The number of hydrogen-bond donors (Lipinski definition) is 2. The second kappa shape index (κ2) is 7.30. The van der Waals surface area contributed by atoms with Crippen LogP contribution in [0.2, 0.25) is 0 Å². The summed E-state index contributed by atoms with van der Waals surface area (Å²) in [6, 6.07) is 3.38. The highest BCUT2D eigenvalue weighted by atomic mass is 16.6. The molecule has 2 aliphatic heterocycles. The van der Waals surface area contributed by atoms with Gasteiger partial charge in [0, 0.05) is 36.0 Å². The summed E-state index contributed by atoms with van der Waals surface area (Å²) in [5.74, 6) is -5.51. The largest absolute Gasteiger partial charge is 0.467 e. The molecule has 3 heterocycles. The predicted molar refractivity (Wildman–Crippen MR) is 126 cm³/mol. The first kappa shape index (κ1) is 25.2. The molecule has 6 aliphatic rings. The minimum Gasteiger partial charge on any atom is -0.467 e. The van der Waals surface area contributed by atoms with Gasteiger partial charge in [0.05, 0.1) is 25.7 Å². The normalized spacial score (nSPS) is 51.2. The quantitative estimate of drug-likeness (QED) is 0.415. The van der Waals surface area contributed by atoms with Crippen molar-refractivity contribution in [1.82, 2.24) is 0 Å². The van der Waals surface area contributed by atoms with E-state index >= 15 is 0 Å². The fraction of sp³-hybridized carbons (Fsp3) is 0.714. The highest BCUT2D eigenvalue weighted by molar-refractivity contribution is 5.94. The van der Waals surface area contributed by atoms with Gasteiger partial charge in [0.15, 0.2) is 18.0 Å². The van der Waals surface area contributed by atoms with Gasteiger partial charge in [-0.25, -0.2) is 4.79 Å². The summed E-state index contributed by atoms with van der Waals surface area (Å²) < 4.78 is 29.2. The van der Waals surface area contributed by atoms with Gasteiger partial charge < -0.3 is 33.6 Å². The zero-order valence-corrected chi connectivity index (χ0v) is 22.2. The predicted octanol–water partition coefficient (Wildman–Crippen LogP) is 1.24. The highest BCUT2D eigenvalue weighted by Gasteiger charge is 2.94. The van der Waals surface area contributed by atoms with E-state index in [1.165, 1.54) is 13.2 Å². The average Bonchev–Trinajstić information content (AvgIpc) is 3.58. The van der Waals surface area contributed by atoms with Crippen molar-refractivity contribution in [3.05, 3.63) is 24.2 Å². The molecule has 2 saturated heterocycles. The number of carbonyl (C=O) groups is 4. The number of aliphatic hydroxyl groups is 2. The third kappa shape index (κ3) is 2.48. The van der Waals surface area contributed by atoms with Crippen LogP contribution in [0.15, 0.2) is 22.8 Å². The van der Waals surface area contributed by atoms with Crippen molar-refractivity contribution in [3.63, 3.8) is 0 Å². The number of furan rings is 1. The molecule has 7 rings (SSSR count). The topological polar surface area (TPSA) is 159 Å². The second-order valence-corrected chi connectivity index (χ2v) is 12.8. The molecule has 39 heavy (non-hydrogen) atoms. The Kier molecular flexibility index (Phi) is 4.72. The van der Waals surface area contributed by atoms with Gasteiger partial charge in [-0.15, -0.1) is 0 Å². The minimum atomic E-state index is -1.80. The van der Waals surface area contributed by atoms with Crippen LogP contribution in [-0.2, 0) is 38.1 Å². The molecule has 12 unspecified atom stereocenters. The Morgan fingerprint density at radius 3 is 2.62 bits per heavy atom. The molecule has 2 N–H and O–H groups in total. The molecule has 210 valence electrons. The lowest BCUT2D eigenvalue weighted by Gasteiger charge is -2.62. The van der Waals surface area contributed by atoms with E-state index in [1.54, 1.807) is 19.1 Å². The van der Waals surface area contributed by atoms with Gasteiger partial charge in [-0.05, 0) is 30.9 Å². The molecule has 0 aromatic carbocycles. The molecule has 2 bridgehead atoms. The smallest absolute Gasteiger partial charge is 0.335 e. The molecule has 0 amide bonds. The first-order valence-electron chi connectivity index (χ1n) is 13.5. The molecule has 6 fully saturated rings. The lowest BCUT2D eigenvalue weighted by Crippen LogP contribution is -2.72. The van der Waals surface area contributed by atoms with E-state index in [0.717, 1.165) is 7.11 Å². The van der Waals surface area contributed by atoms with Crippen molar-refractivity contribution in [2.24, 2.45) is 34.5 Å². The van der Waals surface area contributed by atoms with Gasteiger partial charge in [-0.3, -0.25) is 14.4 Å². The lowest BCUT2D eigenvalue weighted by atomic mass is 9.47. The monoisotopic (exact) mass is 544 g/mol. The van der Waals surface area contributed by atoms with E-state index in [-0.39, 0.29) is 12.8 Å². The molecular formula is C28H32O11. The van der Waals surface area contributed by atoms with E-state index in [2.05, 4.69) is 0 Å². The Balaban J connectivity index is 1.49. The van der Waals surface area contributed by atoms with Crippen LogP contribution < -0.4 is 0 Å². The van der Waals surface area contributed by atoms with Crippen molar-refractivity contribution in [2.45, 2.75) is 81.6 Å². The number of ether oxygens (including phenoxy) is 4. The van der Waals surface area contributed by atoms with Crippen molar-refractivity contribution in [2.75, 3.05) is 7.11 Å². The van der Waals surface area contributed by atoms with Crippen LogP contribution in [0.3, 0.4) is 0 Å². The number of hydrogen-bond acceptors (Lipinski definition) is 11. The van der Waals surface area contributed by atoms with Crippen LogP contribution >= 0.6 is 0 Å². The Hall–Kier alpha value is -2.76. The van der Waals surface area contributed by atoms with Crippen LogP contribution in [0.25, 0.3) is 0 Å². The summed E-state index contributed by atoms with van der Waals surface area (Å²) >= 11 is 0. The number of methoxy groups -OCH3 is 1. The van der Waals surface area contributed by atoms with Gasteiger partial charge >= 0.3 is 17.9 Å². The van der Waals surface area contributed by atoms with Gasteiger partial charge in [0.2, 0.25) is 0 Å². The van der Waals surface area contributed by atoms with Crippen molar-refractivity contribution in [3.8, 4) is 0 Å². The number of rotatable bonds is 4. The summed E-state index contributed by atoms with van der Waals surface area (Å²) in [7, 11) is 1.15. The van der Waals surface area contributed by atoms with Crippen LogP contribution in [0, 0.1) is 34.5 Å².